The van der Waals surface area contributed by atoms with E-state index in [9.17, 15) is 0 Å². The largest absolute Gasteiger partial charge is 0.0888 e. The molecule has 1 aliphatic rings. The smallest absolute Gasteiger partial charge is 0.0452 e. The van der Waals surface area contributed by atoms with E-state index < -0.39 is 0 Å². The lowest BCUT2D eigenvalue weighted by atomic mass is 9.79. The van der Waals surface area contributed by atoms with Crippen molar-refractivity contribution >= 4 is 39.1 Å². The fraction of sp³-hybridized carbons (Fsp3) is 0.571. The van der Waals surface area contributed by atoms with Gasteiger partial charge in [0.15, 0.2) is 0 Å². The average molecular weight is 336 g/mol. The van der Waals surface area contributed by atoms with Crippen LogP contribution in [0, 0.1) is 11.8 Å². The van der Waals surface area contributed by atoms with Gasteiger partial charge in [-0.3, -0.25) is 0 Å². The molecule has 2 rings (SSSR count). The van der Waals surface area contributed by atoms with Crippen LogP contribution >= 0.6 is 39.1 Å². The second-order valence-electron chi connectivity index (χ2n) is 5.13. The van der Waals surface area contributed by atoms with Crippen LogP contribution in [0.15, 0.2) is 18.2 Å². The maximum atomic E-state index is 6.23. The lowest BCUT2D eigenvalue weighted by Gasteiger charge is -2.31. The number of alkyl halides is 1. The molecule has 0 spiro atoms. The Morgan fingerprint density at radius 1 is 1.29 bits per heavy atom. The molecule has 0 N–H and O–H groups in total. The summed E-state index contributed by atoms with van der Waals surface area (Å²) in [5.74, 6) is 1.53. The molecular weight excluding hydrogens is 319 g/mol. The third-order valence-electron chi connectivity index (χ3n) is 3.65. The monoisotopic (exact) mass is 334 g/mol. The maximum Gasteiger partial charge on any atom is 0.0452 e. The van der Waals surface area contributed by atoms with Crippen molar-refractivity contribution in [1.82, 2.24) is 0 Å². The van der Waals surface area contributed by atoms with Crippen LogP contribution < -0.4 is 0 Å². The van der Waals surface area contributed by atoms with E-state index >= 15 is 0 Å². The van der Waals surface area contributed by atoms with E-state index in [0.717, 1.165) is 17.4 Å². The molecule has 17 heavy (non-hydrogen) atoms. The Kier molecular flexibility index (Phi) is 4.80. The van der Waals surface area contributed by atoms with Crippen LogP contribution in [0.5, 0.6) is 0 Å². The van der Waals surface area contributed by atoms with E-state index in [-0.39, 0.29) is 0 Å². The van der Waals surface area contributed by atoms with Crippen LogP contribution in [0.25, 0.3) is 0 Å². The Labute approximate surface area is 122 Å². The van der Waals surface area contributed by atoms with Gasteiger partial charge < -0.3 is 0 Å². The third kappa shape index (κ3) is 3.62. The van der Waals surface area contributed by atoms with Crippen LogP contribution in [-0.2, 0) is 6.42 Å². The minimum Gasteiger partial charge on any atom is -0.0888 e. The van der Waals surface area contributed by atoms with E-state index in [1.165, 1.54) is 24.8 Å². The highest BCUT2D eigenvalue weighted by Gasteiger charge is 2.27. The zero-order valence-corrected chi connectivity index (χ0v) is 13.0. The molecule has 3 unspecified atom stereocenters. The number of hydrogen-bond acceptors (Lipinski definition) is 0. The Morgan fingerprint density at radius 2 is 2.06 bits per heavy atom. The highest BCUT2D eigenvalue weighted by molar-refractivity contribution is 9.09. The summed E-state index contributed by atoms with van der Waals surface area (Å²) in [5.41, 5.74) is 1.22. The summed E-state index contributed by atoms with van der Waals surface area (Å²) in [6.45, 7) is 2.34. The van der Waals surface area contributed by atoms with Gasteiger partial charge in [0.1, 0.15) is 0 Å². The molecule has 94 valence electrons. The summed E-state index contributed by atoms with van der Waals surface area (Å²) in [6.07, 6.45) is 4.95. The van der Waals surface area contributed by atoms with Gasteiger partial charge in [-0.15, -0.1) is 0 Å². The van der Waals surface area contributed by atoms with Crippen molar-refractivity contribution in [3.63, 3.8) is 0 Å². The number of rotatable bonds is 2. The van der Waals surface area contributed by atoms with Gasteiger partial charge in [-0.2, -0.15) is 0 Å². The van der Waals surface area contributed by atoms with Crippen molar-refractivity contribution in [3.05, 3.63) is 33.8 Å². The lowest BCUT2D eigenvalue weighted by molar-refractivity contribution is 0.294. The zero-order chi connectivity index (χ0) is 12.4. The van der Waals surface area contributed by atoms with Crippen LogP contribution in [0.4, 0.5) is 0 Å². The minimum atomic E-state index is 0.630. The maximum absolute atomic E-state index is 6.23. The highest BCUT2D eigenvalue weighted by atomic mass is 79.9. The van der Waals surface area contributed by atoms with E-state index in [1.807, 2.05) is 12.1 Å². The molecule has 1 fully saturated rings. The number of hydrogen-bond donors (Lipinski definition) is 0. The average Bonchev–Trinajstić information content (AvgIpc) is 2.27. The van der Waals surface area contributed by atoms with Crippen LogP contribution in [0.3, 0.4) is 0 Å². The number of benzene rings is 1. The Balaban J connectivity index is 2.08. The molecule has 1 aromatic carbocycles. The molecule has 0 nitrogen and oxygen atoms in total. The van der Waals surface area contributed by atoms with E-state index in [0.29, 0.717) is 15.8 Å². The summed E-state index contributed by atoms with van der Waals surface area (Å²) in [5, 5.41) is 1.52. The molecule has 0 amide bonds. The van der Waals surface area contributed by atoms with Crippen molar-refractivity contribution in [2.75, 3.05) is 0 Å². The van der Waals surface area contributed by atoms with E-state index in [1.54, 1.807) is 0 Å². The molecule has 0 aliphatic heterocycles. The first kappa shape index (κ1) is 13.7. The third-order valence-corrected chi connectivity index (χ3v) is 5.44. The summed E-state index contributed by atoms with van der Waals surface area (Å²) in [6, 6.07) is 5.83. The predicted molar refractivity (Wildman–Crippen MR) is 79.4 cm³/mol. The molecule has 0 saturated heterocycles. The molecule has 0 aromatic heterocycles. The molecule has 0 heterocycles. The van der Waals surface area contributed by atoms with Gasteiger partial charge in [0, 0.05) is 14.9 Å². The second-order valence-corrected chi connectivity index (χ2v) is 7.15. The zero-order valence-electron chi connectivity index (χ0n) is 9.93. The van der Waals surface area contributed by atoms with Crippen molar-refractivity contribution in [2.24, 2.45) is 11.8 Å². The van der Waals surface area contributed by atoms with Gasteiger partial charge in [0.05, 0.1) is 0 Å². The SMILES string of the molecule is CC1CCC(Br)C(Cc2ccc(Cl)cc2Cl)C1. The van der Waals surface area contributed by atoms with Crippen LogP contribution in [0.1, 0.15) is 31.7 Å². The fourth-order valence-electron chi connectivity index (χ4n) is 2.64. The molecule has 1 aliphatic carbocycles. The first-order chi connectivity index (χ1) is 8.06. The summed E-state index contributed by atoms with van der Waals surface area (Å²) >= 11 is 16.0. The first-order valence-electron chi connectivity index (χ1n) is 6.14. The van der Waals surface area contributed by atoms with Gasteiger partial charge in [-0.25, -0.2) is 0 Å². The molecule has 1 aromatic rings. The highest BCUT2D eigenvalue weighted by Crippen LogP contribution is 2.36. The van der Waals surface area contributed by atoms with Gasteiger partial charge in [0.2, 0.25) is 0 Å². The second kappa shape index (κ2) is 5.95. The van der Waals surface area contributed by atoms with E-state index in [4.69, 9.17) is 23.2 Å². The quantitative estimate of drug-likeness (QED) is 0.605. The van der Waals surface area contributed by atoms with Gasteiger partial charge in [-0.05, 0) is 55.2 Å². The van der Waals surface area contributed by atoms with Gasteiger partial charge in [0.25, 0.3) is 0 Å². The normalized spacial score (nSPS) is 29.3. The van der Waals surface area contributed by atoms with Crippen LogP contribution in [-0.4, -0.2) is 4.83 Å². The Bertz CT molecular complexity index is 392. The van der Waals surface area contributed by atoms with Crippen molar-refractivity contribution in [3.8, 4) is 0 Å². The molecule has 1 saturated carbocycles. The summed E-state index contributed by atoms with van der Waals surface area (Å²) in [7, 11) is 0. The minimum absolute atomic E-state index is 0.630. The van der Waals surface area contributed by atoms with Crippen LogP contribution in [0.2, 0.25) is 10.0 Å². The molecular formula is C14H17BrCl2. The van der Waals surface area contributed by atoms with Crippen molar-refractivity contribution < 1.29 is 0 Å². The Morgan fingerprint density at radius 3 is 2.76 bits per heavy atom. The molecule has 3 atom stereocenters. The Hall–Kier alpha value is 0.280. The summed E-state index contributed by atoms with van der Waals surface area (Å²) < 4.78 is 0. The predicted octanol–water partition coefficient (Wildman–Crippen LogP) is 5.74. The lowest BCUT2D eigenvalue weighted by Crippen LogP contribution is -2.25. The fourth-order valence-corrected chi connectivity index (χ4v) is 3.80. The molecule has 0 bridgehead atoms. The van der Waals surface area contributed by atoms with Gasteiger partial charge in [-0.1, -0.05) is 52.1 Å². The van der Waals surface area contributed by atoms with Crippen molar-refractivity contribution in [1.29, 1.82) is 0 Å². The standard InChI is InChI=1S/C14H17BrCl2/c1-9-2-5-13(15)11(6-9)7-10-3-4-12(16)8-14(10)17/h3-4,8-9,11,13H,2,5-7H2,1H3. The van der Waals surface area contributed by atoms with Gasteiger partial charge >= 0.3 is 0 Å². The topological polar surface area (TPSA) is 0 Å². The molecule has 0 radical (unpaired) electrons. The molecule has 3 heteroatoms. The first-order valence-corrected chi connectivity index (χ1v) is 7.81. The number of halogens is 3. The summed E-state index contributed by atoms with van der Waals surface area (Å²) in [4.78, 5) is 0.630. The van der Waals surface area contributed by atoms with E-state index in [2.05, 4.69) is 28.9 Å². The van der Waals surface area contributed by atoms with Crippen molar-refractivity contribution in [2.45, 2.75) is 37.4 Å².